The number of furan rings is 1. The van der Waals surface area contributed by atoms with Crippen LogP contribution in [0.5, 0.6) is 0 Å². The van der Waals surface area contributed by atoms with E-state index in [2.05, 4.69) is 4.72 Å². The molecule has 1 saturated carbocycles. The van der Waals surface area contributed by atoms with Crippen LogP contribution in [0, 0.1) is 17.6 Å². The summed E-state index contributed by atoms with van der Waals surface area (Å²) in [4.78, 5) is -0.796. The Morgan fingerprint density at radius 3 is 2.65 bits per heavy atom. The Labute approximate surface area is 132 Å². The molecule has 0 amide bonds. The van der Waals surface area contributed by atoms with Crippen molar-refractivity contribution >= 4 is 10.0 Å². The van der Waals surface area contributed by atoms with Crippen LogP contribution in [0.15, 0.2) is 45.9 Å². The van der Waals surface area contributed by atoms with Gasteiger partial charge in [-0.15, -0.1) is 0 Å². The Morgan fingerprint density at radius 2 is 2.04 bits per heavy atom. The lowest BCUT2D eigenvalue weighted by Crippen LogP contribution is -2.42. The van der Waals surface area contributed by atoms with Gasteiger partial charge in [-0.1, -0.05) is 0 Å². The minimum absolute atomic E-state index is 0.145. The second kappa shape index (κ2) is 5.70. The third-order valence-electron chi connectivity index (χ3n) is 3.92. The Balaban J connectivity index is 1.85. The van der Waals surface area contributed by atoms with Crippen LogP contribution in [0.2, 0.25) is 0 Å². The fourth-order valence-corrected chi connectivity index (χ4v) is 3.64. The molecule has 8 heteroatoms. The van der Waals surface area contributed by atoms with Gasteiger partial charge >= 0.3 is 0 Å². The van der Waals surface area contributed by atoms with E-state index >= 15 is 0 Å². The monoisotopic (exact) mass is 343 g/mol. The molecule has 1 aliphatic carbocycles. The summed E-state index contributed by atoms with van der Waals surface area (Å²) >= 11 is 0. The second-order valence-corrected chi connectivity index (χ2v) is 7.31. The summed E-state index contributed by atoms with van der Waals surface area (Å²) in [7, 11) is -4.31. The van der Waals surface area contributed by atoms with Crippen LogP contribution in [-0.2, 0) is 15.6 Å². The van der Waals surface area contributed by atoms with Gasteiger partial charge in [0.05, 0.1) is 6.26 Å². The molecular formula is C15H15F2NO4S. The van der Waals surface area contributed by atoms with Gasteiger partial charge in [0.1, 0.15) is 27.9 Å². The molecule has 1 aromatic heterocycles. The molecule has 0 bridgehead atoms. The van der Waals surface area contributed by atoms with Crippen LogP contribution in [0.3, 0.4) is 0 Å². The SMILES string of the molecule is O=S(=O)(NCC(O)(c1ccco1)C1CC1)c1cc(F)ccc1F. The molecule has 0 spiro atoms. The molecule has 2 aromatic rings. The van der Waals surface area contributed by atoms with Crippen LogP contribution in [0.1, 0.15) is 18.6 Å². The molecule has 1 heterocycles. The maximum absolute atomic E-state index is 13.7. The molecule has 23 heavy (non-hydrogen) atoms. The van der Waals surface area contributed by atoms with Crippen molar-refractivity contribution in [2.45, 2.75) is 23.3 Å². The van der Waals surface area contributed by atoms with Crippen molar-refractivity contribution in [3.05, 3.63) is 54.0 Å². The first-order chi connectivity index (χ1) is 10.8. The summed E-state index contributed by atoms with van der Waals surface area (Å²) in [5.41, 5.74) is -1.51. The van der Waals surface area contributed by atoms with Crippen molar-refractivity contribution in [3.63, 3.8) is 0 Å². The van der Waals surface area contributed by atoms with Gasteiger partial charge in [0, 0.05) is 6.54 Å². The number of rotatable bonds is 6. The highest BCUT2D eigenvalue weighted by atomic mass is 32.2. The molecule has 5 nitrogen and oxygen atoms in total. The molecule has 1 aromatic carbocycles. The second-order valence-electron chi connectivity index (χ2n) is 5.58. The van der Waals surface area contributed by atoms with Crippen molar-refractivity contribution < 1.29 is 26.7 Å². The highest BCUT2D eigenvalue weighted by Gasteiger charge is 2.47. The van der Waals surface area contributed by atoms with Crippen molar-refractivity contribution in [2.75, 3.05) is 6.54 Å². The molecule has 124 valence electrons. The molecule has 1 aliphatic rings. The molecule has 0 saturated heterocycles. The molecule has 1 atom stereocenters. The van der Waals surface area contributed by atoms with Crippen molar-refractivity contribution in [3.8, 4) is 0 Å². The summed E-state index contributed by atoms with van der Waals surface area (Å²) < 4.78 is 58.6. The molecular weight excluding hydrogens is 328 g/mol. The summed E-state index contributed by atoms with van der Waals surface area (Å²) in [6.45, 7) is -0.385. The van der Waals surface area contributed by atoms with Crippen LogP contribution in [0.25, 0.3) is 0 Å². The van der Waals surface area contributed by atoms with Crippen molar-refractivity contribution in [1.82, 2.24) is 4.72 Å². The van der Waals surface area contributed by atoms with Gasteiger partial charge in [-0.25, -0.2) is 21.9 Å². The lowest BCUT2D eigenvalue weighted by Gasteiger charge is -2.26. The van der Waals surface area contributed by atoms with Gasteiger partial charge < -0.3 is 9.52 Å². The van der Waals surface area contributed by atoms with Gasteiger partial charge in [-0.3, -0.25) is 0 Å². The smallest absolute Gasteiger partial charge is 0.243 e. The molecule has 2 N–H and O–H groups in total. The third kappa shape index (κ3) is 3.15. The zero-order valence-corrected chi connectivity index (χ0v) is 12.8. The first-order valence-corrected chi connectivity index (χ1v) is 8.52. The number of sulfonamides is 1. The average molecular weight is 343 g/mol. The molecule has 1 fully saturated rings. The first kappa shape index (κ1) is 16.1. The Kier molecular flexibility index (Phi) is 3.99. The van der Waals surface area contributed by atoms with Crippen molar-refractivity contribution in [2.24, 2.45) is 5.92 Å². The summed E-state index contributed by atoms with van der Waals surface area (Å²) in [6, 6.07) is 5.31. The number of hydrogen-bond donors (Lipinski definition) is 2. The maximum Gasteiger partial charge on any atom is 0.243 e. The minimum atomic E-state index is -4.31. The Bertz CT molecular complexity index is 803. The van der Waals surface area contributed by atoms with Gasteiger partial charge in [-0.2, -0.15) is 0 Å². The quantitative estimate of drug-likeness (QED) is 0.842. The normalized spacial score (nSPS) is 17.9. The summed E-state index contributed by atoms with van der Waals surface area (Å²) in [6.07, 6.45) is 2.84. The third-order valence-corrected chi connectivity index (χ3v) is 5.33. The predicted molar refractivity (Wildman–Crippen MR) is 76.9 cm³/mol. The number of hydrogen-bond acceptors (Lipinski definition) is 4. The standard InChI is InChI=1S/C15H15F2NO4S/c16-11-5-6-12(17)13(8-11)23(20,21)18-9-15(19,10-3-4-10)14-2-1-7-22-14/h1-2,5-8,10,18-19H,3-4,9H2. The largest absolute Gasteiger partial charge is 0.466 e. The fourth-order valence-electron chi connectivity index (χ4n) is 2.48. The Hall–Kier alpha value is -1.77. The predicted octanol–water partition coefficient (Wildman–Crippen LogP) is 2.13. The van der Waals surface area contributed by atoms with E-state index in [4.69, 9.17) is 4.42 Å². The zero-order chi connectivity index (χ0) is 16.7. The van der Waals surface area contributed by atoms with Gasteiger partial charge in [0.15, 0.2) is 0 Å². The molecule has 1 unspecified atom stereocenters. The zero-order valence-electron chi connectivity index (χ0n) is 12.0. The van der Waals surface area contributed by atoms with Crippen LogP contribution < -0.4 is 4.72 Å². The van der Waals surface area contributed by atoms with E-state index in [1.54, 1.807) is 12.1 Å². The van der Waals surface area contributed by atoms with Gasteiger partial charge in [0.2, 0.25) is 10.0 Å². The molecule has 0 radical (unpaired) electrons. The summed E-state index contributed by atoms with van der Waals surface area (Å²) in [5, 5.41) is 10.8. The number of benzene rings is 1. The Morgan fingerprint density at radius 1 is 1.30 bits per heavy atom. The van der Waals surface area contributed by atoms with Crippen LogP contribution >= 0.6 is 0 Å². The van der Waals surface area contributed by atoms with Gasteiger partial charge in [0.25, 0.3) is 0 Å². The molecule has 0 aliphatic heterocycles. The van der Waals surface area contributed by atoms with Crippen LogP contribution in [0.4, 0.5) is 8.78 Å². The molecule has 3 rings (SSSR count). The van der Waals surface area contributed by atoms with Gasteiger partial charge in [-0.05, 0) is 49.1 Å². The average Bonchev–Trinajstić information content (AvgIpc) is 3.22. The lowest BCUT2D eigenvalue weighted by atomic mass is 9.95. The number of halogens is 2. The van der Waals surface area contributed by atoms with E-state index in [1.807, 2.05) is 0 Å². The van der Waals surface area contributed by atoms with E-state index in [-0.39, 0.29) is 18.2 Å². The van der Waals surface area contributed by atoms with Crippen LogP contribution in [-0.4, -0.2) is 20.1 Å². The first-order valence-electron chi connectivity index (χ1n) is 7.04. The fraction of sp³-hybridized carbons (Fsp3) is 0.333. The van der Waals surface area contributed by atoms with E-state index in [1.165, 1.54) is 6.26 Å². The summed E-state index contributed by atoms with van der Waals surface area (Å²) in [5.74, 6) is -1.83. The highest BCUT2D eigenvalue weighted by molar-refractivity contribution is 7.89. The maximum atomic E-state index is 13.7. The van der Waals surface area contributed by atoms with Crippen molar-refractivity contribution in [1.29, 1.82) is 0 Å². The van der Waals surface area contributed by atoms with E-state index in [9.17, 15) is 22.3 Å². The topological polar surface area (TPSA) is 79.5 Å². The number of nitrogens with one attached hydrogen (secondary N) is 1. The van der Waals surface area contributed by atoms with E-state index in [0.29, 0.717) is 6.07 Å². The van der Waals surface area contributed by atoms with E-state index < -0.39 is 32.2 Å². The highest BCUT2D eigenvalue weighted by Crippen LogP contribution is 2.45. The minimum Gasteiger partial charge on any atom is -0.466 e. The van der Waals surface area contributed by atoms with E-state index in [0.717, 1.165) is 25.0 Å². The number of aliphatic hydroxyl groups is 1. The lowest BCUT2D eigenvalue weighted by molar-refractivity contribution is -0.00225.